The fourth-order valence-electron chi connectivity index (χ4n) is 3.20. The summed E-state index contributed by atoms with van der Waals surface area (Å²) >= 11 is 0. The summed E-state index contributed by atoms with van der Waals surface area (Å²) in [5, 5.41) is 7.47. The van der Waals surface area contributed by atoms with Crippen molar-refractivity contribution in [2.45, 2.75) is 31.6 Å². The van der Waals surface area contributed by atoms with E-state index in [9.17, 15) is 4.79 Å². The Balaban J connectivity index is 1.68. The Kier molecular flexibility index (Phi) is 4.96. The Morgan fingerprint density at radius 2 is 2.17 bits per heavy atom. The van der Waals surface area contributed by atoms with E-state index in [2.05, 4.69) is 10.3 Å². The van der Waals surface area contributed by atoms with Gasteiger partial charge in [0.25, 0.3) is 0 Å². The SMILES string of the molecule is CCCNC(=O)OCC1(c2nc3c(OC)ccc(-c4cncc(N)c4)n3n2)CC1. The van der Waals surface area contributed by atoms with Gasteiger partial charge in [0.15, 0.2) is 17.2 Å². The number of nitrogen functional groups attached to an aromatic ring is 1. The molecule has 0 atom stereocenters. The van der Waals surface area contributed by atoms with E-state index in [1.54, 1.807) is 24.0 Å². The number of amides is 1. The van der Waals surface area contributed by atoms with Crippen molar-refractivity contribution in [3.05, 3.63) is 36.4 Å². The van der Waals surface area contributed by atoms with Crippen molar-refractivity contribution < 1.29 is 14.3 Å². The number of nitrogens with one attached hydrogen (secondary N) is 1. The molecule has 1 aliphatic rings. The lowest BCUT2D eigenvalue weighted by molar-refractivity contribution is 0.134. The minimum atomic E-state index is -0.411. The van der Waals surface area contributed by atoms with E-state index in [4.69, 9.17) is 25.3 Å². The molecular formula is C20H24N6O3. The Bertz CT molecular complexity index is 1040. The summed E-state index contributed by atoms with van der Waals surface area (Å²) in [6.07, 6.45) is 5.50. The van der Waals surface area contributed by atoms with Gasteiger partial charge in [-0.25, -0.2) is 14.3 Å². The van der Waals surface area contributed by atoms with Crippen LogP contribution in [0.5, 0.6) is 5.75 Å². The van der Waals surface area contributed by atoms with Crippen molar-refractivity contribution in [1.82, 2.24) is 24.9 Å². The highest BCUT2D eigenvalue weighted by Crippen LogP contribution is 2.47. The van der Waals surface area contributed by atoms with Crippen LogP contribution >= 0.6 is 0 Å². The van der Waals surface area contributed by atoms with Crippen molar-refractivity contribution in [2.24, 2.45) is 0 Å². The van der Waals surface area contributed by atoms with Crippen molar-refractivity contribution in [1.29, 1.82) is 0 Å². The van der Waals surface area contributed by atoms with Crippen LogP contribution in [0, 0.1) is 0 Å². The van der Waals surface area contributed by atoms with Crippen molar-refractivity contribution >= 4 is 17.4 Å². The number of anilines is 1. The number of pyridine rings is 2. The van der Waals surface area contributed by atoms with Gasteiger partial charge in [-0.15, -0.1) is 5.10 Å². The maximum absolute atomic E-state index is 11.8. The fraction of sp³-hybridized carbons (Fsp3) is 0.400. The highest BCUT2D eigenvalue weighted by Gasteiger charge is 2.49. The maximum atomic E-state index is 11.8. The van der Waals surface area contributed by atoms with E-state index in [0.717, 1.165) is 30.5 Å². The Hall–Kier alpha value is -3.36. The number of carbonyl (C=O) groups is 1. The second kappa shape index (κ2) is 7.57. The summed E-state index contributed by atoms with van der Waals surface area (Å²) in [5.74, 6) is 1.25. The van der Waals surface area contributed by atoms with Crippen molar-refractivity contribution in [2.75, 3.05) is 26.0 Å². The highest BCUT2D eigenvalue weighted by atomic mass is 16.5. The standard InChI is InChI=1S/C20H24N6O3/c1-3-8-23-19(27)29-12-20(6-7-20)18-24-17-16(28-2)5-4-15(26(17)25-18)13-9-14(21)11-22-10-13/h4-5,9-11H,3,6-8,12,21H2,1-2H3,(H,23,27). The van der Waals surface area contributed by atoms with Crippen LogP contribution in [0.2, 0.25) is 0 Å². The van der Waals surface area contributed by atoms with Crippen LogP contribution in [-0.2, 0) is 10.2 Å². The Labute approximate surface area is 168 Å². The van der Waals surface area contributed by atoms with E-state index in [0.29, 0.717) is 29.5 Å². The van der Waals surface area contributed by atoms with Crippen molar-refractivity contribution in [3.8, 4) is 17.0 Å². The first-order chi connectivity index (χ1) is 14.1. The zero-order valence-corrected chi connectivity index (χ0v) is 16.5. The van der Waals surface area contributed by atoms with Crippen LogP contribution in [0.1, 0.15) is 32.0 Å². The van der Waals surface area contributed by atoms with Gasteiger partial charge < -0.3 is 20.5 Å². The molecule has 0 spiro atoms. The number of aromatic nitrogens is 4. The van der Waals surface area contributed by atoms with Gasteiger partial charge in [0.05, 0.1) is 23.9 Å². The number of hydrogen-bond donors (Lipinski definition) is 2. The monoisotopic (exact) mass is 396 g/mol. The molecule has 0 aliphatic heterocycles. The lowest BCUT2D eigenvalue weighted by Gasteiger charge is -2.12. The molecule has 3 aromatic heterocycles. The summed E-state index contributed by atoms with van der Waals surface area (Å²) in [6.45, 7) is 2.83. The molecule has 3 heterocycles. The van der Waals surface area contributed by atoms with Gasteiger partial charge in [0, 0.05) is 24.5 Å². The quantitative estimate of drug-likeness (QED) is 0.630. The predicted molar refractivity (Wildman–Crippen MR) is 108 cm³/mol. The minimum absolute atomic E-state index is 0.247. The van der Waals surface area contributed by atoms with Crippen LogP contribution in [-0.4, -0.2) is 45.9 Å². The second-order valence-corrected chi connectivity index (χ2v) is 7.25. The van der Waals surface area contributed by atoms with Gasteiger partial charge in [0.2, 0.25) is 0 Å². The molecule has 1 amide bonds. The predicted octanol–water partition coefficient (Wildman–Crippen LogP) is 2.55. The maximum Gasteiger partial charge on any atom is 0.407 e. The molecule has 0 saturated heterocycles. The van der Waals surface area contributed by atoms with Gasteiger partial charge in [-0.2, -0.15) is 0 Å². The van der Waals surface area contributed by atoms with E-state index in [1.807, 2.05) is 25.1 Å². The lowest BCUT2D eigenvalue weighted by atomic mass is 10.1. The summed E-state index contributed by atoms with van der Waals surface area (Å²) in [7, 11) is 1.60. The highest BCUT2D eigenvalue weighted by molar-refractivity contribution is 5.69. The molecule has 1 aliphatic carbocycles. The molecule has 3 N–H and O–H groups in total. The third-order valence-electron chi connectivity index (χ3n) is 5.05. The molecule has 4 rings (SSSR count). The molecule has 1 saturated carbocycles. The zero-order chi connectivity index (χ0) is 20.4. The van der Waals surface area contributed by atoms with Crippen LogP contribution in [0.15, 0.2) is 30.6 Å². The van der Waals surface area contributed by atoms with E-state index >= 15 is 0 Å². The Morgan fingerprint density at radius 3 is 2.86 bits per heavy atom. The van der Waals surface area contributed by atoms with Crippen LogP contribution in [0.4, 0.5) is 10.5 Å². The third kappa shape index (κ3) is 3.67. The minimum Gasteiger partial charge on any atom is -0.493 e. The van der Waals surface area contributed by atoms with Gasteiger partial charge in [-0.05, 0) is 37.5 Å². The first-order valence-electron chi connectivity index (χ1n) is 9.62. The van der Waals surface area contributed by atoms with Crippen LogP contribution < -0.4 is 15.8 Å². The zero-order valence-electron chi connectivity index (χ0n) is 16.5. The summed E-state index contributed by atoms with van der Waals surface area (Å²) < 4.78 is 12.6. The molecule has 9 nitrogen and oxygen atoms in total. The largest absolute Gasteiger partial charge is 0.493 e. The molecule has 0 aromatic carbocycles. The second-order valence-electron chi connectivity index (χ2n) is 7.25. The van der Waals surface area contributed by atoms with E-state index in [-0.39, 0.29) is 12.0 Å². The number of ether oxygens (including phenoxy) is 2. The average Bonchev–Trinajstić information content (AvgIpc) is 3.39. The van der Waals surface area contributed by atoms with Crippen LogP contribution in [0.3, 0.4) is 0 Å². The number of alkyl carbamates (subject to hydrolysis) is 1. The number of nitrogens with two attached hydrogens (primary N) is 1. The number of hydrogen-bond acceptors (Lipinski definition) is 7. The molecule has 0 bridgehead atoms. The first kappa shape index (κ1) is 19.0. The molecule has 0 unspecified atom stereocenters. The van der Waals surface area contributed by atoms with E-state index in [1.165, 1.54) is 0 Å². The topological polar surface area (TPSA) is 117 Å². The molecular weight excluding hydrogens is 372 g/mol. The van der Waals surface area contributed by atoms with E-state index < -0.39 is 6.09 Å². The number of carbonyl (C=O) groups excluding carboxylic acids is 1. The lowest BCUT2D eigenvalue weighted by Crippen LogP contribution is -2.29. The molecule has 9 heteroatoms. The van der Waals surface area contributed by atoms with Crippen molar-refractivity contribution in [3.63, 3.8) is 0 Å². The Morgan fingerprint density at radius 1 is 1.34 bits per heavy atom. The van der Waals surface area contributed by atoms with Gasteiger partial charge in [-0.3, -0.25) is 4.98 Å². The fourth-order valence-corrected chi connectivity index (χ4v) is 3.20. The smallest absolute Gasteiger partial charge is 0.407 e. The molecule has 152 valence electrons. The summed E-state index contributed by atoms with van der Waals surface area (Å²) in [4.78, 5) is 20.7. The van der Waals surface area contributed by atoms with Crippen LogP contribution in [0.25, 0.3) is 16.9 Å². The number of fused-ring (bicyclic) bond motifs is 1. The summed E-state index contributed by atoms with van der Waals surface area (Å²) in [5.41, 5.74) is 8.34. The normalized spacial score (nSPS) is 14.6. The van der Waals surface area contributed by atoms with Gasteiger partial charge in [0.1, 0.15) is 6.61 Å². The summed E-state index contributed by atoms with van der Waals surface area (Å²) in [6, 6.07) is 5.58. The third-order valence-corrected chi connectivity index (χ3v) is 5.05. The molecule has 3 aromatic rings. The number of methoxy groups -OCH3 is 1. The molecule has 0 radical (unpaired) electrons. The molecule has 29 heavy (non-hydrogen) atoms. The molecule has 1 fully saturated rings. The average molecular weight is 396 g/mol. The number of nitrogens with zero attached hydrogens (tertiary/aromatic N) is 4. The van der Waals surface area contributed by atoms with Gasteiger partial charge >= 0.3 is 6.09 Å². The number of rotatable bonds is 7. The first-order valence-corrected chi connectivity index (χ1v) is 9.62. The van der Waals surface area contributed by atoms with Gasteiger partial charge in [-0.1, -0.05) is 6.92 Å².